The Hall–Kier alpha value is -0.420. The van der Waals surface area contributed by atoms with Crippen molar-refractivity contribution >= 4 is 40.9 Å². The molecule has 110 valence electrons. The van der Waals surface area contributed by atoms with Gasteiger partial charge >= 0.3 is 5.97 Å². The molecule has 0 spiro atoms. The standard InChI is InChI=1S/C14H17Cl2NO2S/c1-2-19-13(18)14(17)6-5-10(8-14)20-12-7-9(15)3-4-11(12)16/h3-4,7,10H,2,5-6,8,17H2,1H3. The molecule has 1 aromatic rings. The highest BCUT2D eigenvalue weighted by Gasteiger charge is 2.43. The maximum atomic E-state index is 11.9. The molecule has 0 aromatic heterocycles. The molecule has 0 bridgehead atoms. The minimum atomic E-state index is -0.862. The minimum Gasteiger partial charge on any atom is -0.465 e. The number of halogens is 2. The predicted molar refractivity (Wildman–Crippen MR) is 83.5 cm³/mol. The maximum Gasteiger partial charge on any atom is 0.326 e. The summed E-state index contributed by atoms with van der Waals surface area (Å²) >= 11 is 13.8. The Morgan fingerprint density at radius 2 is 2.30 bits per heavy atom. The first-order valence-corrected chi connectivity index (χ1v) is 8.16. The van der Waals surface area contributed by atoms with E-state index in [1.54, 1.807) is 30.8 Å². The first kappa shape index (κ1) is 16.0. The van der Waals surface area contributed by atoms with Crippen LogP contribution in [0.3, 0.4) is 0 Å². The molecule has 3 nitrogen and oxygen atoms in total. The Morgan fingerprint density at radius 3 is 3.00 bits per heavy atom. The number of esters is 1. The Bertz CT molecular complexity index is 512. The Balaban J connectivity index is 2.03. The van der Waals surface area contributed by atoms with Crippen molar-refractivity contribution in [3.8, 4) is 0 Å². The van der Waals surface area contributed by atoms with E-state index in [0.717, 1.165) is 11.3 Å². The average molecular weight is 334 g/mol. The topological polar surface area (TPSA) is 52.3 Å². The van der Waals surface area contributed by atoms with Crippen LogP contribution in [-0.4, -0.2) is 23.4 Å². The summed E-state index contributed by atoms with van der Waals surface area (Å²) in [6.07, 6.45) is 2.10. The lowest BCUT2D eigenvalue weighted by Gasteiger charge is -2.21. The summed E-state index contributed by atoms with van der Waals surface area (Å²) in [5, 5.41) is 1.57. The van der Waals surface area contributed by atoms with Crippen LogP contribution in [0.25, 0.3) is 0 Å². The third-order valence-corrected chi connectivity index (χ3v) is 5.38. The number of carbonyl (C=O) groups excluding carboxylic acids is 1. The van der Waals surface area contributed by atoms with Crippen LogP contribution in [0.15, 0.2) is 23.1 Å². The molecule has 2 rings (SSSR count). The number of rotatable bonds is 4. The van der Waals surface area contributed by atoms with Crippen LogP contribution < -0.4 is 5.73 Å². The molecule has 20 heavy (non-hydrogen) atoms. The highest BCUT2D eigenvalue weighted by molar-refractivity contribution is 8.00. The van der Waals surface area contributed by atoms with Gasteiger partial charge in [0.25, 0.3) is 0 Å². The highest BCUT2D eigenvalue weighted by Crippen LogP contribution is 2.42. The molecule has 1 aliphatic rings. The van der Waals surface area contributed by atoms with Gasteiger partial charge in [-0.05, 0) is 44.4 Å². The summed E-state index contributed by atoms with van der Waals surface area (Å²) in [5.41, 5.74) is 5.29. The number of benzene rings is 1. The van der Waals surface area contributed by atoms with Gasteiger partial charge in [-0.25, -0.2) is 0 Å². The van der Waals surface area contributed by atoms with Crippen LogP contribution >= 0.6 is 35.0 Å². The van der Waals surface area contributed by atoms with Gasteiger partial charge in [0.05, 0.1) is 11.6 Å². The molecule has 2 N–H and O–H groups in total. The average Bonchev–Trinajstić information content (AvgIpc) is 2.77. The molecule has 0 amide bonds. The maximum absolute atomic E-state index is 11.9. The first-order valence-electron chi connectivity index (χ1n) is 6.52. The van der Waals surface area contributed by atoms with Crippen LogP contribution in [0.4, 0.5) is 0 Å². The summed E-state index contributed by atoms with van der Waals surface area (Å²) < 4.78 is 5.05. The van der Waals surface area contributed by atoms with E-state index in [0.29, 0.717) is 29.5 Å². The van der Waals surface area contributed by atoms with Crippen molar-refractivity contribution in [2.24, 2.45) is 5.73 Å². The Labute approximate surface area is 133 Å². The number of thioether (sulfide) groups is 1. The van der Waals surface area contributed by atoms with E-state index in [-0.39, 0.29) is 11.2 Å². The van der Waals surface area contributed by atoms with Gasteiger partial charge in [0, 0.05) is 15.2 Å². The van der Waals surface area contributed by atoms with Gasteiger partial charge in [0.1, 0.15) is 5.54 Å². The van der Waals surface area contributed by atoms with Gasteiger partial charge in [0.2, 0.25) is 0 Å². The smallest absolute Gasteiger partial charge is 0.326 e. The predicted octanol–water partition coefficient (Wildman–Crippen LogP) is 3.90. The lowest BCUT2D eigenvalue weighted by Crippen LogP contribution is -2.47. The lowest BCUT2D eigenvalue weighted by molar-refractivity contribution is -0.149. The van der Waals surface area contributed by atoms with Gasteiger partial charge in [0.15, 0.2) is 0 Å². The number of hydrogen-bond acceptors (Lipinski definition) is 4. The zero-order valence-corrected chi connectivity index (χ0v) is 13.5. The Kier molecular flexibility index (Phi) is 5.24. The molecule has 1 aliphatic carbocycles. The van der Waals surface area contributed by atoms with Gasteiger partial charge in [-0.15, -0.1) is 11.8 Å². The van der Waals surface area contributed by atoms with Gasteiger partial charge in [-0.3, -0.25) is 4.79 Å². The van der Waals surface area contributed by atoms with Gasteiger partial charge in [-0.1, -0.05) is 23.2 Å². The van der Waals surface area contributed by atoms with Gasteiger partial charge in [-0.2, -0.15) is 0 Å². The van der Waals surface area contributed by atoms with Crippen LogP contribution in [0.2, 0.25) is 10.0 Å². The molecule has 0 radical (unpaired) electrons. The third kappa shape index (κ3) is 3.61. The second kappa shape index (κ2) is 6.56. The van der Waals surface area contributed by atoms with Crippen LogP contribution in [-0.2, 0) is 9.53 Å². The second-order valence-electron chi connectivity index (χ2n) is 4.93. The summed E-state index contributed by atoms with van der Waals surface area (Å²) in [6.45, 7) is 2.14. The fraction of sp³-hybridized carbons (Fsp3) is 0.500. The van der Waals surface area contributed by atoms with Crippen molar-refractivity contribution in [1.29, 1.82) is 0 Å². The van der Waals surface area contributed by atoms with Crippen LogP contribution in [0, 0.1) is 0 Å². The van der Waals surface area contributed by atoms with Crippen LogP contribution in [0.1, 0.15) is 26.2 Å². The van der Waals surface area contributed by atoms with Crippen molar-refractivity contribution in [3.05, 3.63) is 28.2 Å². The number of ether oxygens (including phenoxy) is 1. The highest BCUT2D eigenvalue weighted by atomic mass is 35.5. The minimum absolute atomic E-state index is 0.250. The zero-order valence-electron chi connectivity index (χ0n) is 11.2. The second-order valence-corrected chi connectivity index (χ2v) is 7.12. The van der Waals surface area contributed by atoms with Crippen molar-refractivity contribution in [2.45, 2.75) is 41.9 Å². The lowest BCUT2D eigenvalue weighted by atomic mass is 10.00. The zero-order chi connectivity index (χ0) is 14.8. The molecule has 0 heterocycles. The molecule has 1 fully saturated rings. The third-order valence-electron chi connectivity index (χ3n) is 3.37. The summed E-state index contributed by atoms with van der Waals surface area (Å²) in [4.78, 5) is 12.8. The molecular formula is C14H17Cl2NO2S. The van der Waals surface area contributed by atoms with E-state index in [2.05, 4.69) is 0 Å². The number of hydrogen-bond donors (Lipinski definition) is 1. The quantitative estimate of drug-likeness (QED) is 0.849. The van der Waals surface area contributed by atoms with E-state index >= 15 is 0 Å². The molecule has 0 aliphatic heterocycles. The first-order chi connectivity index (χ1) is 9.44. The summed E-state index contributed by atoms with van der Waals surface area (Å²) in [5.74, 6) is -0.305. The van der Waals surface area contributed by atoms with Crippen LogP contribution in [0.5, 0.6) is 0 Å². The molecule has 1 saturated carbocycles. The Morgan fingerprint density at radius 1 is 1.55 bits per heavy atom. The summed E-state index contributed by atoms with van der Waals surface area (Å²) in [7, 11) is 0. The molecule has 2 unspecified atom stereocenters. The number of nitrogens with two attached hydrogens (primary N) is 1. The van der Waals surface area contributed by atoms with E-state index in [1.807, 2.05) is 6.07 Å². The fourth-order valence-electron chi connectivity index (χ4n) is 2.34. The van der Waals surface area contributed by atoms with Crippen molar-refractivity contribution in [2.75, 3.05) is 6.61 Å². The SMILES string of the molecule is CCOC(=O)C1(N)CCC(Sc2cc(Cl)ccc2Cl)C1. The van der Waals surface area contributed by atoms with E-state index in [9.17, 15) is 4.79 Å². The number of carbonyl (C=O) groups is 1. The van der Waals surface area contributed by atoms with E-state index in [4.69, 9.17) is 33.7 Å². The molecule has 1 aromatic carbocycles. The van der Waals surface area contributed by atoms with Crippen molar-refractivity contribution < 1.29 is 9.53 Å². The monoisotopic (exact) mass is 333 g/mol. The largest absolute Gasteiger partial charge is 0.465 e. The van der Waals surface area contributed by atoms with Crippen molar-refractivity contribution in [3.63, 3.8) is 0 Å². The van der Waals surface area contributed by atoms with E-state index < -0.39 is 5.54 Å². The van der Waals surface area contributed by atoms with Crippen molar-refractivity contribution in [1.82, 2.24) is 0 Å². The fourth-order valence-corrected chi connectivity index (χ4v) is 4.18. The normalized spacial score (nSPS) is 25.7. The van der Waals surface area contributed by atoms with Gasteiger partial charge < -0.3 is 10.5 Å². The molecule has 2 atom stereocenters. The molecule has 6 heteroatoms. The summed E-state index contributed by atoms with van der Waals surface area (Å²) in [6, 6.07) is 5.38. The molecular weight excluding hydrogens is 317 g/mol. The van der Waals surface area contributed by atoms with E-state index in [1.165, 1.54) is 0 Å². The molecule has 0 saturated heterocycles.